The summed E-state index contributed by atoms with van der Waals surface area (Å²) in [5, 5.41) is 9.84. The third-order valence-corrected chi connectivity index (χ3v) is 2.86. The van der Waals surface area contributed by atoms with Gasteiger partial charge in [0.25, 0.3) is 0 Å². The molecule has 2 aromatic rings. The molecule has 21 heavy (non-hydrogen) atoms. The largest absolute Gasteiger partial charge is 0.487 e. The molecule has 2 rings (SSSR count). The van der Waals surface area contributed by atoms with Crippen molar-refractivity contribution in [1.29, 1.82) is 0 Å². The SMILES string of the molecule is OC(COc1ccccc1F)c1ccc(C(F)(F)F)cc1. The second kappa shape index (κ2) is 6.13. The van der Waals surface area contributed by atoms with Gasteiger partial charge in [-0.15, -0.1) is 0 Å². The highest BCUT2D eigenvalue weighted by Gasteiger charge is 2.30. The van der Waals surface area contributed by atoms with Crippen LogP contribution in [-0.4, -0.2) is 11.7 Å². The van der Waals surface area contributed by atoms with E-state index in [2.05, 4.69) is 0 Å². The maximum absolute atomic E-state index is 13.3. The van der Waals surface area contributed by atoms with Gasteiger partial charge in [0.05, 0.1) is 5.56 Å². The molecule has 112 valence electrons. The summed E-state index contributed by atoms with van der Waals surface area (Å²) in [7, 11) is 0. The molecule has 0 aromatic heterocycles. The van der Waals surface area contributed by atoms with Crippen molar-refractivity contribution in [2.75, 3.05) is 6.61 Å². The third-order valence-electron chi connectivity index (χ3n) is 2.86. The van der Waals surface area contributed by atoms with Gasteiger partial charge in [-0.25, -0.2) is 4.39 Å². The Labute approximate surface area is 118 Å². The maximum atomic E-state index is 13.3. The van der Waals surface area contributed by atoms with Crippen LogP contribution in [0.1, 0.15) is 17.2 Å². The molecule has 0 amide bonds. The predicted octanol–water partition coefficient (Wildman–Crippen LogP) is 3.96. The van der Waals surface area contributed by atoms with E-state index in [0.717, 1.165) is 24.3 Å². The Balaban J connectivity index is 2.01. The summed E-state index contributed by atoms with van der Waals surface area (Å²) in [6.07, 6.45) is -5.57. The third kappa shape index (κ3) is 3.95. The maximum Gasteiger partial charge on any atom is 0.416 e. The van der Waals surface area contributed by atoms with Gasteiger partial charge in [0.15, 0.2) is 11.6 Å². The first-order chi connectivity index (χ1) is 9.88. The number of hydrogen-bond donors (Lipinski definition) is 1. The predicted molar refractivity (Wildman–Crippen MR) is 68.3 cm³/mol. The van der Waals surface area contributed by atoms with Crippen LogP contribution in [0.4, 0.5) is 17.6 Å². The molecular formula is C15H12F4O2. The second-order valence-corrected chi connectivity index (χ2v) is 4.38. The Hall–Kier alpha value is -2.08. The highest BCUT2D eigenvalue weighted by Crippen LogP contribution is 2.30. The summed E-state index contributed by atoms with van der Waals surface area (Å²) < 4.78 is 55.6. The molecule has 0 saturated heterocycles. The van der Waals surface area contributed by atoms with E-state index in [-0.39, 0.29) is 17.9 Å². The lowest BCUT2D eigenvalue weighted by Gasteiger charge is -2.14. The van der Waals surface area contributed by atoms with E-state index in [1.807, 2.05) is 0 Å². The van der Waals surface area contributed by atoms with Crippen LogP contribution in [0.25, 0.3) is 0 Å². The van der Waals surface area contributed by atoms with E-state index in [0.29, 0.717) is 0 Å². The average molecular weight is 300 g/mol. The molecule has 0 bridgehead atoms. The number of hydrogen-bond acceptors (Lipinski definition) is 2. The van der Waals surface area contributed by atoms with Gasteiger partial charge >= 0.3 is 6.18 Å². The Morgan fingerprint density at radius 1 is 1.00 bits per heavy atom. The quantitative estimate of drug-likeness (QED) is 0.866. The van der Waals surface area contributed by atoms with Crippen molar-refractivity contribution in [3.05, 3.63) is 65.5 Å². The van der Waals surface area contributed by atoms with Gasteiger partial charge in [0.1, 0.15) is 12.7 Å². The second-order valence-electron chi connectivity index (χ2n) is 4.38. The van der Waals surface area contributed by atoms with Gasteiger partial charge in [-0.3, -0.25) is 0 Å². The lowest BCUT2D eigenvalue weighted by molar-refractivity contribution is -0.137. The molecule has 0 fully saturated rings. The highest BCUT2D eigenvalue weighted by atomic mass is 19.4. The van der Waals surface area contributed by atoms with Crippen LogP contribution >= 0.6 is 0 Å². The number of aliphatic hydroxyl groups excluding tert-OH is 1. The van der Waals surface area contributed by atoms with Gasteiger partial charge in [-0.05, 0) is 29.8 Å². The number of ether oxygens (including phenoxy) is 1. The zero-order valence-electron chi connectivity index (χ0n) is 10.8. The van der Waals surface area contributed by atoms with E-state index < -0.39 is 23.7 Å². The van der Waals surface area contributed by atoms with Crippen molar-refractivity contribution in [3.8, 4) is 5.75 Å². The van der Waals surface area contributed by atoms with Crippen molar-refractivity contribution in [3.63, 3.8) is 0 Å². The number of benzene rings is 2. The number of rotatable bonds is 4. The molecule has 1 unspecified atom stereocenters. The highest BCUT2D eigenvalue weighted by molar-refractivity contribution is 5.27. The van der Waals surface area contributed by atoms with Crippen molar-refractivity contribution >= 4 is 0 Å². The summed E-state index contributed by atoms with van der Waals surface area (Å²) in [5.41, 5.74) is -0.534. The van der Waals surface area contributed by atoms with Crippen LogP contribution in [0.3, 0.4) is 0 Å². The van der Waals surface area contributed by atoms with E-state index >= 15 is 0 Å². The summed E-state index contributed by atoms with van der Waals surface area (Å²) in [4.78, 5) is 0. The Kier molecular flexibility index (Phi) is 4.47. The van der Waals surface area contributed by atoms with Crippen molar-refractivity contribution in [1.82, 2.24) is 0 Å². The van der Waals surface area contributed by atoms with Crippen LogP contribution in [0.5, 0.6) is 5.75 Å². The summed E-state index contributed by atoms with van der Waals surface area (Å²) in [6.45, 7) is -0.258. The van der Waals surface area contributed by atoms with Crippen LogP contribution in [0.2, 0.25) is 0 Å². The number of alkyl halides is 3. The summed E-state index contributed by atoms with van der Waals surface area (Å²) in [6, 6.07) is 9.76. The molecule has 0 radical (unpaired) electrons. The Morgan fingerprint density at radius 2 is 1.62 bits per heavy atom. The Morgan fingerprint density at radius 3 is 2.19 bits per heavy atom. The van der Waals surface area contributed by atoms with Crippen LogP contribution in [0.15, 0.2) is 48.5 Å². The normalized spacial score (nSPS) is 13.0. The molecule has 6 heteroatoms. The fourth-order valence-electron chi connectivity index (χ4n) is 1.72. The zero-order valence-corrected chi connectivity index (χ0v) is 10.8. The minimum atomic E-state index is -4.42. The molecule has 0 aliphatic rings. The van der Waals surface area contributed by atoms with E-state index in [1.165, 1.54) is 18.2 Å². The van der Waals surface area contributed by atoms with Crippen molar-refractivity contribution < 1.29 is 27.4 Å². The first kappa shape index (κ1) is 15.3. The summed E-state index contributed by atoms with van der Waals surface area (Å²) >= 11 is 0. The lowest BCUT2D eigenvalue weighted by atomic mass is 10.1. The monoisotopic (exact) mass is 300 g/mol. The van der Waals surface area contributed by atoms with Gasteiger partial charge in [0.2, 0.25) is 0 Å². The van der Waals surface area contributed by atoms with E-state index in [1.54, 1.807) is 6.07 Å². The van der Waals surface area contributed by atoms with Crippen molar-refractivity contribution in [2.24, 2.45) is 0 Å². The minimum absolute atomic E-state index is 0.0246. The van der Waals surface area contributed by atoms with Gasteiger partial charge in [0, 0.05) is 0 Å². The van der Waals surface area contributed by atoms with Crippen LogP contribution in [0, 0.1) is 5.82 Å². The lowest BCUT2D eigenvalue weighted by Crippen LogP contribution is -2.11. The fraction of sp³-hybridized carbons (Fsp3) is 0.200. The van der Waals surface area contributed by atoms with Crippen LogP contribution in [-0.2, 0) is 6.18 Å². The molecule has 0 spiro atoms. The van der Waals surface area contributed by atoms with E-state index in [4.69, 9.17) is 4.74 Å². The first-order valence-corrected chi connectivity index (χ1v) is 6.10. The minimum Gasteiger partial charge on any atom is -0.487 e. The summed E-state index contributed by atoms with van der Waals surface area (Å²) in [5.74, 6) is -0.597. The molecule has 1 atom stereocenters. The fourth-order valence-corrected chi connectivity index (χ4v) is 1.72. The number of para-hydroxylation sites is 1. The number of aliphatic hydroxyl groups is 1. The molecule has 1 N–H and O–H groups in total. The molecule has 0 aliphatic heterocycles. The molecule has 0 heterocycles. The number of halogens is 4. The van der Waals surface area contributed by atoms with Gasteiger partial charge in [-0.1, -0.05) is 24.3 Å². The molecule has 2 aromatic carbocycles. The smallest absolute Gasteiger partial charge is 0.416 e. The molecule has 0 aliphatic carbocycles. The van der Waals surface area contributed by atoms with Crippen LogP contribution < -0.4 is 4.74 Å². The molecule has 0 saturated carbocycles. The molecule has 2 nitrogen and oxygen atoms in total. The average Bonchev–Trinajstić information content (AvgIpc) is 2.45. The van der Waals surface area contributed by atoms with Gasteiger partial charge < -0.3 is 9.84 Å². The molecular weight excluding hydrogens is 288 g/mol. The topological polar surface area (TPSA) is 29.5 Å². The van der Waals surface area contributed by atoms with Gasteiger partial charge in [-0.2, -0.15) is 13.2 Å². The first-order valence-electron chi connectivity index (χ1n) is 6.10. The Bertz CT molecular complexity index is 593. The zero-order chi connectivity index (χ0) is 15.5. The van der Waals surface area contributed by atoms with E-state index in [9.17, 15) is 22.7 Å². The standard InChI is InChI=1S/C15H12F4O2/c16-12-3-1-2-4-14(12)21-9-13(20)10-5-7-11(8-6-10)15(17,18)19/h1-8,13,20H,9H2. The van der Waals surface area contributed by atoms with Crippen molar-refractivity contribution in [2.45, 2.75) is 12.3 Å².